The first-order chi connectivity index (χ1) is 26.9. The highest BCUT2D eigenvalue weighted by molar-refractivity contribution is 4.72. The maximum absolute atomic E-state index is 2.76. The zero-order valence-electron chi connectivity index (χ0n) is 38.2. The third-order valence-electron chi connectivity index (χ3n) is 13.1. The minimum atomic E-state index is 1.32. The van der Waals surface area contributed by atoms with E-state index in [0.29, 0.717) is 0 Å². The molecule has 0 aromatic carbocycles. The zero-order valence-corrected chi connectivity index (χ0v) is 38.2. The van der Waals surface area contributed by atoms with Crippen molar-refractivity contribution in [3.05, 3.63) is 0 Å². The Morgan fingerprint density at radius 3 is 0.463 bits per heavy atom. The van der Waals surface area contributed by atoms with E-state index in [0.717, 1.165) is 0 Å². The summed E-state index contributed by atoms with van der Waals surface area (Å²) >= 11 is 0. The van der Waals surface area contributed by atoms with Crippen molar-refractivity contribution in [2.45, 2.75) is 296 Å². The number of unbranched alkanes of at least 4 members (excludes halogenated alkanes) is 42. The van der Waals surface area contributed by atoms with Crippen molar-refractivity contribution in [1.29, 1.82) is 0 Å². The van der Waals surface area contributed by atoms with Gasteiger partial charge in [-0.2, -0.15) is 0 Å². The van der Waals surface area contributed by atoms with Crippen LogP contribution in [0.1, 0.15) is 296 Å². The molecule has 0 saturated carbocycles. The normalized spacial score (nSPS) is 14.1. The van der Waals surface area contributed by atoms with Crippen molar-refractivity contribution in [1.82, 2.24) is 9.80 Å². The van der Waals surface area contributed by atoms with Gasteiger partial charge in [-0.15, -0.1) is 0 Å². The molecule has 0 atom stereocenters. The quantitative estimate of drug-likeness (QED) is 0.0571. The fraction of sp³-hybridized carbons (Fsp3) is 1.00. The Hall–Kier alpha value is -0.0800. The van der Waals surface area contributed by atoms with E-state index >= 15 is 0 Å². The first-order valence-electron chi connectivity index (χ1n) is 26.3. The van der Waals surface area contributed by atoms with Gasteiger partial charge in [-0.05, 0) is 25.9 Å². The average molecular weight is 759 g/mol. The van der Waals surface area contributed by atoms with Crippen LogP contribution in [0, 0.1) is 0 Å². The van der Waals surface area contributed by atoms with Crippen LogP contribution >= 0.6 is 0 Å². The van der Waals surface area contributed by atoms with Crippen molar-refractivity contribution in [3.8, 4) is 0 Å². The zero-order chi connectivity index (χ0) is 38.5. The summed E-state index contributed by atoms with van der Waals surface area (Å²) in [5.74, 6) is 0. The van der Waals surface area contributed by atoms with E-state index in [1.807, 2.05) is 0 Å². The number of rotatable bonds is 46. The van der Waals surface area contributed by atoms with Crippen LogP contribution in [0.15, 0.2) is 0 Å². The summed E-state index contributed by atoms with van der Waals surface area (Å²) in [6, 6.07) is 0. The molecule has 1 fully saturated rings. The summed E-state index contributed by atoms with van der Waals surface area (Å²) in [4.78, 5) is 5.51. The largest absolute Gasteiger partial charge is 0.301 e. The molecule has 0 amide bonds. The minimum absolute atomic E-state index is 1.32. The summed E-state index contributed by atoms with van der Waals surface area (Å²) in [6.07, 6.45) is 64.9. The van der Waals surface area contributed by atoms with Gasteiger partial charge in [-0.1, -0.05) is 284 Å². The van der Waals surface area contributed by atoms with Crippen LogP contribution in [0.25, 0.3) is 0 Å². The van der Waals surface area contributed by atoms with Crippen molar-refractivity contribution in [3.63, 3.8) is 0 Å². The van der Waals surface area contributed by atoms with Crippen molar-refractivity contribution in [2.75, 3.05) is 39.3 Å². The molecule has 1 aliphatic heterocycles. The third kappa shape index (κ3) is 40.1. The summed E-state index contributed by atoms with van der Waals surface area (Å²) in [7, 11) is 0. The second kappa shape index (κ2) is 45.6. The first kappa shape index (κ1) is 51.9. The number of piperazine rings is 1. The smallest absolute Gasteiger partial charge is 0.0110 e. The van der Waals surface area contributed by atoms with E-state index in [4.69, 9.17) is 0 Å². The van der Waals surface area contributed by atoms with Gasteiger partial charge in [-0.25, -0.2) is 0 Å². The molecule has 0 spiro atoms. The molecule has 2 heteroatoms. The molecule has 2 nitrogen and oxygen atoms in total. The lowest BCUT2D eigenvalue weighted by atomic mass is 10.0. The molecule has 1 aliphatic rings. The molecular formula is C52H106N2. The average Bonchev–Trinajstić information content (AvgIpc) is 3.19. The lowest BCUT2D eigenvalue weighted by Crippen LogP contribution is -2.46. The highest BCUT2D eigenvalue weighted by Gasteiger charge is 2.15. The third-order valence-corrected chi connectivity index (χ3v) is 13.1. The second-order valence-electron chi connectivity index (χ2n) is 18.5. The van der Waals surface area contributed by atoms with Gasteiger partial charge in [-0.3, -0.25) is 0 Å². The Morgan fingerprint density at radius 1 is 0.185 bits per heavy atom. The molecule has 324 valence electrons. The molecule has 1 saturated heterocycles. The Kier molecular flexibility index (Phi) is 43.9. The van der Waals surface area contributed by atoms with Gasteiger partial charge in [0.25, 0.3) is 0 Å². The highest BCUT2D eigenvalue weighted by Crippen LogP contribution is 2.18. The van der Waals surface area contributed by atoms with Gasteiger partial charge >= 0.3 is 0 Å². The number of hydrogen-bond donors (Lipinski definition) is 0. The summed E-state index contributed by atoms with van der Waals surface area (Å²) in [6.45, 7) is 12.6. The lowest BCUT2D eigenvalue weighted by molar-refractivity contribution is 0.129. The summed E-state index contributed by atoms with van der Waals surface area (Å²) in [5.41, 5.74) is 0. The van der Waals surface area contributed by atoms with Crippen LogP contribution in [0.2, 0.25) is 0 Å². The van der Waals surface area contributed by atoms with Crippen LogP contribution in [-0.2, 0) is 0 Å². The predicted molar refractivity (Wildman–Crippen MR) is 247 cm³/mol. The van der Waals surface area contributed by atoms with Gasteiger partial charge in [0.15, 0.2) is 0 Å². The molecule has 0 aromatic rings. The van der Waals surface area contributed by atoms with E-state index in [2.05, 4.69) is 23.6 Å². The topological polar surface area (TPSA) is 6.48 Å². The molecule has 0 unspecified atom stereocenters. The molecule has 0 aliphatic carbocycles. The molecule has 0 radical (unpaired) electrons. The molecule has 1 rings (SSSR count). The fourth-order valence-corrected chi connectivity index (χ4v) is 9.12. The Balaban J connectivity index is 1.69. The maximum atomic E-state index is 2.76. The van der Waals surface area contributed by atoms with Crippen LogP contribution < -0.4 is 0 Å². The fourth-order valence-electron chi connectivity index (χ4n) is 9.12. The van der Waals surface area contributed by atoms with Gasteiger partial charge in [0.05, 0.1) is 0 Å². The lowest BCUT2D eigenvalue weighted by Gasteiger charge is -2.34. The van der Waals surface area contributed by atoms with E-state index in [-0.39, 0.29) is 0 Å². The van der Waals surface area contributed by atoms with E-state index < -0.39 is 0 Å². The van der Waals surface area contributed by atoms with E-state index in [9.17, 15) is 0 Å². The number of hydrogen-bond acceptors (Lipinski definition) is 2. The second-order valence-corrected chi connectivity index (χ2v) is 18.5. The van der Waals surface area contributed by atoms with E-state index in [1.54, 1.807) is 0 Å². The molecule has 0 bridgehead atoms. The van der Waals surface area contributed by atoms with Gasteiger partial charge in [0, 0.05) is 26.2 Å². The van der Waals surface area contributed by atoms with Crippen LogP contribution in [0.5, 0.6) is 0 Å². The van der Waals surface area contributed by atoms with Crippen molar-refractivity contribution in [2.24, 2.45) is 0 Å². The standard InChI is InChI=1S/C52H106N2/c1-3-5-7-9-11-13-15-17-19-21-23-25-27-29-31-33-35-37-39-41-43-45-47-53-49-51-54(52-50-53)48-46-44-42-40-38-36-34-32-30-28-26-24-22-20-18-16-14-12-10-8-6-4-2/h3-52H2,1-2H3. The molecule has 1 heterocycles. The Morgan fingerprint density at radius 2 is 0.315 bits per heavy atom. The van der Waals surface area contributed by atoms with Crippen molar-refractivity contribution < 1.29 is 0 Å². The van der Waals surface area contributed by atoms with Crippen molar-refractivity contribution >= 4 is 0 Å². The van der Waals surface area contributed by atoms with Crippen LogP contribution in [-0.4, -0.2) is 49.1 Å². The van der Waals surface area contributed by atoms with Crippen LogP contribution in [0.4, 0.5) is 0 Å². The van der Waals surface area contributed by atoms with E-state index in [1.165, 1.54) is 322 Å². The monoisotopic (exact) mass is 759 g/mol. The molecule has 0 N–H and O–H groups in total. The summed E-state index contributed by atoms with van der Waals surface area (Å²) < 4.78 is 0. The van der Waals surface area contributed by atoms with Gasteiger partial charge in [0.2, 0.25) is 0 Å². The Labute approximate surface area is 344 Å². The Bertz CT molecular complexity index is 599. The first-order valence-corrected chi connectivity index (χ1v) is 26.3. The molecule has 0 aromatic heterocycles. The van der Waals surface area contributed by atoms with Gasteiger partial charge < -0.3 is 9.80 Å². The SMILES string of the molecule is CCCCCCCCCCCCCCCCCCCCCCCCN1CCN(CCCCCCCCCCCCCCCCCCCCCCCC)CC1. The van der Waals surface area contributed by atoms with Crippen LogP contribution in [0.3, 0.4) is 0 Å². The highest BCUT2D eigenvalue weighted by atomic mass is 15.3. The summed E-state index contributed by atoms with van der Waals surface area (Å²) in [5, 5.41) is 0. The van der Waals surface area contributed by atoms with Gasteiger partial charge in [0.1, 0.15) is 0 Å². The predicted octanol–water partition coefficient (Wildman–Crippen LogP) is 17.8. The number of nitrogens with zero attached hydrogens (tertiary/aromatic N) is 2. The minimum Gasteiger partial charge on any atom is -0.301 e. The molecular weight excluding hydrogens is 653 g/mol. The molecule has 54 heavy (non-hydrogen) atoms. The maximum Gasteiger partial charge on any atom is 0.0110 e.